The second kappa shape index (κ2) is 4.38. The Balaban J connectivity index is 2.23. The Hall–Kier alpha value is -0.790. The van der Waals surface area contributed by atoms with E-state index in [9.17, 15) is 0 Å². The Labute approximate surface area is 97.8 Å². The molecule has 2 rings (SSSR count). The highest BCUT2D eigenvalue weighted by Crippen LogP contribution is 2.24. The number of hydrogen-bond donors (Lipinski definition) is 0. The average Bonchev–Trinajstić information content (AvgIpc) is 2.77. The number of rotatable bonds is 2. The molecule has 0 aliphatic carbocycles. The lowest BCUT2D eigenvalue weighted by molar-refractivity contribution is 0.182. The highest BCUT2D eigenvalue weighted by molar-refractivity contribution is 9.10. The fraction of sp³-hybridized carbons (Fsp3) is 0.545. The second-order valence-corrected chi connectivity index (χ2v) is 4.79. The van der Waals surface area contributed by atoms with Gasteiger partial charge in [0.1, 0.15) is 11.8 Å². The van der Waals surface area contributed by atoms with E-state index >= 15 is 0 Å². The molecule has 1 fully saturated rings. The van der Waals surface area contributed by atoms with Crippen LogP contribution in [-0.4, -0.2) is 17.8 Å². The van der Waals surface area contributed by atoms with E-state index < -0.39 is 0 Å². The minimum Gasteiger partial charge on any atom is -0.381 e. The summed E-state index contributed by atoms with van der Waals surface area (Å²) in [6.07, 6.45) is 1.10. The molecule has 80 valence electrons. The zero-order chi connectivity index (χ0) is 10.8. The zero-order valence-corrected chi connectivity index (χ0v) is 10.2. The third-order valence-corrected chi connectivity index (χ3v) is 3.43. The summed E-state index contributed by atoms with van der Waals surface area (Å²) in [5.41, 5.74) is 1.85. The Morgan fingerprint density at radius 2 is 2.53 bits per heavy atom. The summed E-state index contributed by atoms with van der Waals surface area (Å²) in [6.45, 7) is 4.59. The highest BCUT2D eigenvalue weighted by atomic mass is 79.9. The van der Waals surface area contributed by atoms with Crippen molar-refractivity contribution < 1.29 is 4.74 Å². The SMILES string of the molecule is Cc1cc(Br)c(C#N)n1C[C@@H]1CCOC1. The van der Waals surface area contributed by atoms with Crippen molar-refractivity contribution in [1.29, 1.82) is 5.26 Å². The third kappa shape index (κ3) is 2.09. The third-order valence-electron chi connectivity index (χ3n) is 2.83. The molecular formula is C11H13BrN2O. The normalized spacial score (nSPS) is 20.5. The van der Waals surface area contributed by atoms with Gasteiger partial charge in [0.05, 0.1) is 11.1 Å². The van der Waals surface area contributed by atoms with Gasteiger partial charge in [0, 0.05) is 24.8 Å². The largest absolute Gasteiger partial charge is 0.381 e. The monoisotopic (exact) mass is 268 g/mol. The van der Waals surface area contributed by atoms with Crippen molar-refractivity contribution in [1.82, 2.24) is 4.57 Å². The maximum absolute atomic E-state index is 9.05. The number of aryl methyl sites for hydroxylation is 1. The quantitative estimate of drug-likeness (QED) is 0.827. The van der Waals surface area contributed by atoms with Gasteiger partial charge in [-0.1, -0.05) is 0 Å². The molecule has 1 aliphatic heterocycles. The van der Waals surface area contributed by atoms with Gasteiger partial charge in [0.2, 0.25) is 0 Å². The lowest BCUT2D eigenvalue weighted by Crippen LogP contribution is -2.13. The fourth-order valence-electron chi connectivity index (χ4n) is 1.97. The molecule has 1 aromatic heterocycles. The van der Waals surface area contributed by atoms with E-state index in [2.05, 4.69) is 26.6 Å². The van der Waals surface area contributed by atoms with Crippen molar-refractivity contribution >= 4 is 15.9 Å². The van der Waals surface area contributed by atoms with Crippen LogP contribution in [0.4, 0.5) is 0 Å². The number of aromatic nitrogens is 1. The summed E-state index contributed by atoms with van der Waals surface area (Å²) in [7, 11) is 0. The number of hydrogen-bond acceptors (Lipinski definition) is 2. The highest BCUT2D eigenvalue weighted by Gasteiger charge is 2.19. The molecule has 1 atom stereocenters. The molecule has 15 heavy (non-hydrogen) atoms. The summed E-state index contributed by atoms with van der Waals surface area (Å²) < 4.78 is 8.30. The zero-order valence-electron chi connectivity index (χ0n) is 8.66. The molecule has 4 heteroatoms. The average molecular weight is 269 g/mol. The Morgan fingerprint density at radius 1 is 1.73 bits per heavy atom. The summed E-state index contributed by atoms with van der Waals surface area (Å²) in [5, 5.41) is 9.05. The van der Waals surface area contributed by atoms with Gasteiger partial charge in [0.25, 0.3) is 0 Å². The van der Waals surface area contributed by atoms with Crippen molar-refractivity contribution in [3.8, 4) is 6.07 Å². The van der Waals surface area contributed by atoms with Gasteiger partial charge in [-0.25, -0.2) is 0 Å². The molecule has 1 saturated heterocycles. The van der Waals surface area contributed by atoms with Gasteiger partial charge in [-0.05, 0) is 35.3 Å². The molecule has 0 saturated carbocycles. The van der Waals surface area contributed by atoms with E-state index in [-0.39, 0.29) is 0 Å². The predicted octanol–water partition coefficient (Wildman–Crippen LogP) is 2.47. The Morgan fingerprint density at radius 3 is 3.13 bits per heavy atom. The molecule has 3 nitrogen and oxygen atoms in total. The Kier molecular flexibility index (Phi) is 3.13. The molecule has 0 amide bonds. The minimum absolute atomic E-state index is 0.551. The molecule has 0 radical (unpaired) electrons. The van der Waals surface area contributed by atoms with Crippen LogP contribution in [0, 0.1) is 24.2 Å². The van der Waals surface area contributed by atoms with Crippen molar-refractivity contribution in [2.24, 2.45) is 5.92 Å². The summed E-state index contributed by atoms with van der Waals surface area (Å²) >= 11 is 3.40. The molecule has 1 aromatic rings. The van der Waals surface area contributed by atoms with E-state index in [1.165, 1.54) is 0 Å². The van der Waals surface area contributed by atoms with E-state index in [0.29, 0.717) is 5.92 Å². The van der Waals surface area contributed by atoms with Crippen LogP contribution in [0.3, 0.4) is 0 Å². The van der Waals surface area contributed by atoms with Crippen molar-refractivity contribution in [2.45, 2.75) is 19.9 Å². The Bertz CT molecular complexity index is 399. The molecular weight excluding hydrogens is 256 g/mol. The fourth-order valence-corrected chi connectivity index (χ4v) is 2.60. The first-order valence-corrected chi connectivity index (χ1v) is 5.85. The van der Waals surface area contributed by atoms with Crippen LogP contribution >= 0.6 is 15.9 Å². The van der Waals surface area contributed by atoms with Gasteiger partial charge in [-0.15, -0.1) is 0 Å². The van der Waals surface area contributed by atoms with Crippen LogP contribution in [0.2, 0.25) is 0 Å². The number of nitriles is 1. The first-order valence-electron chi connectivity index (χ1n) is 5.06. The minimum atomic E-state index is 0.551. The van der Waals surface area contributed by atoms with Crippen molar-refractivity contribution in [3.05, 3.63) is 21.9 Å². The first kappa shape index (κ1) is 10.7. The summed E-state index contributed by atoms with van der Waals surface area (Å²) in [6, 6.07) is 4.23. The van der Waals surface area contributed by atoms with Gasteiger partial charge < -0.3 is 9.30 Å². The number of halogens is 1. The van der Waals surface area contributed by atoms with Gasteiger partial charge >= 0.3 is 0 Å². The van der Waals surface area contributed by atoms with Crippen LogP contribution in [0.1, 0.15) is 17.8 Å². The van der Waals surface area contributed by atoms with Gasteiger partial charge in [0.15, 0.2) is 0 Å². The maximum Gasteiger partial charge on any atom is 0.134 e. The van der Waals surface area contributed by atoms with Crippen molar-refractivity contribution in [2.75, 3.05) is 13.2 Å². The molecule has 0 aromatic carbocycles. The van der Waals surface area contributed by atoms with Crippen LogP contribution in [-0.2, 0) is 11.3 Å². The molecule has 0 unspecified atom stereocenters. The molecule has 0 spiro atoms. The standard InChI is InChI=1S/C11H13BrN2O/c1-8-4-10(12)11(5-13)14(8)6-9-2-3-15-7-9/h4,9H,2-3,6-7H2,1H3/t9-/m0/s1. The van der Waals surface area contributed by atoms with Crippen LogP contribution in [0.15, 0.2) is 10.5 Å². The topological polar surface area (TPSA) is 38.0 Å². The first-order chi connectivity index (χ1) is 7.22. The van der Waals surface area contributed by atoms with E-state index in [0.717, 1.165) is 42.0 Å². The van der Waals surface area contributed by atoms with Gasteiger partial charge in [-0.2, -0.15) is 5.26 Å². The van der Waals surface area contributed by atoms with Gasteiger partial charge in [-0.3, -0.25) is 0 Å². The van der Waals surface area contributed by atoms with E-state index in [1.54, 1.807) is 0 Å². The molecule has 2 heterocycles. The molecule has 0 bridgehead atoms. The second-order valence-electron chi connectivity index (χ2n) is 3.93. The lowest BCUT2D eigenvalue weighted by atomic mass is 10.1. The van der Waals surface area contributed by atoms with E-state index in [1.807, 2.05) is 13.0 Å². The summed E-state index contributed by atoms with van der Waals surface area (Å²) in [4.78, 5) is 0. The van der Waals surface area contributed by atoms with E-state index in [4.69, 9.17) is 10.00 Å². The summed E-state index contributed by atoms with van der Waals surface area (Å²) in [5.74, 6) is 0.551. The smallest absolute Gasteiger partial charge is 0.134 e. The van der Waals surface area contributed by atoms with Crippen molar-refractivity contribution in [3.63, 3.8) is 0 Å². The lowest BCUT2D eigenvalue weighted by Gasteiger charge is -2.12. The number of ether oxygens (including phenoxy) is 1. The van der Waals surface area contributed by atoms with Crippen LogP contribution in [0.25, 0.3) is 0 Å². The number of nitrogens with zero attached hydrogens (tertiary/aromatic N) is 2. The molecule has 0 N–H and O–H groups in total. The predicted molar refractivity (Wildman–Crippen MR) is 60.5 cm³/mol. The van der Waals surface area contributed by atoms with Crippen LogP contribution < -0.4 is 0 Å². The van der Waals surface area contributed by atoms with Crippen LogP contribution in [0.5, 0.6) is 0 Å². The maximum atomic E-state index is 9.05. The molecule has 1 aliphatic rings.